The van der Waals surface area contributed by atoms with Crippen LogP contribution in [0.25, 0.3) is 6.08 Å². The second-order valence-corrected chi connectivity index (χ2v) is 9.51. The number of hydrogen-bond donors (Lipinski definition) is 0. The lowest BCUT2D eigenvalue weighted by Crippen LogP contribution is -2.50. The van der Waals surface area contributed by atoms with Crippen LogP contribution in [0.3, 0.4) is 0 Å². The number of aryl methyl sites for hydroxylation is 1. The van der Waals surface area contributed by atoms with Crippen LogP contribution in [-0.2, 0) is 14.8 Å². The highest BCUT2D eigenvalue weighted by Crippen LogP contribution is 2.20. The van der Waals surface area contributed by atoms with Crippen molar-refractivity contribution in [1.29, 1.82) is 0 Å². The van der Waals surface area contributed by atoms with Gasteiger partial charge in [-0.05, 0) is 30.7 Å². The number of amides is 1. The van der Waals surface area contributed by atoms with Crippen LogP contribution < -0.4 is 0 Å². The number of hydrogen-bond acceptors (Lipinski definition) is 4. The molecule has 7 heteroatoms. The van der Waals surface area contributed by atoms with Gasteiger partial charge in [-0.2, -0.15) is 4.31 Å². The first-order valence-electron chi connectivity index (χ1n) is 9.14. The van der Waals surface area contributed by atoms with Crippen LogP contribution in [-0.4, -0.2) is 55.5 Å². The van der Waals surface area contributed by atoms with Gasteiger partial charge in [0, 0.05) is 36.5 Å². The van der Waals surface area contributed by atoms with Crippen molar-refractivity contribution in [2.45, 2.75) is 11.8 Å². The molecule has 1 amide bonds. The monoisotopic (exact) mass is 416 g/mol. The van der Waals surface area contributed by atoms with Crippen LogP contribution in [0.2, 0.25) is 0 Å². The SMILES string of the molecule is Cc1cccc(SCC(=O)N2CCN(S(=O)(=O)C=Cc3ccccc3)CC2)c1. The van der Waals surface area contributed by atoms with E-state index in [4.69, 9.17) is 0 Å². The van der Waals surface area contributed by atoms with Gasteiger partial charge in [0.15, 0.2) is 0 Å². The number of carbonyl (C=O) groups is 1. The van der Waals surface area contributed by atoms with Gasteiger partial charge in [-0.25, -0.2) is 8.42 Å². The molecule has 3 rings (SSSR count). The number of benzene rings is 2. The van der Waals surface area contributed by atoms with E-state index in [2.05, 4.69) is 6.07 Å². The second-order valence-electron chi connectivity index (χ2n) is 6.64. The number of rotatable bonds is 6. The van der Waals surface area contributed by atoms with E-state index < -0.39 is 10.0 Å². The average molecular weight is 417 g/mol. The van der Waals surface area contributed by atoms with E-state index in [9.17, 15) is 13.2 Å². The summed E-state index contributed by atoms with van der Waals surface area (Å²) in [5.41, 5.74) is 2.01. The van der Waals surface area contributed by atoms with Crippen LogP contribution in [0.15, 0.2) is 64.9 Å². The third kappa shape index (κ3) is 5.70. The van der Waals surface area contributed by atoms with Gasteiger partial charge in [0.25, 0.3) is 0 Å². The molecule has 1 fully saturated rings. The Morgan fingerprint density at radius 1 is 1.04 bits per heavy atom. The van der Waals surface area contributed by atoms with Gasteiger partial charge in [0.2, 0.25) is 15.9 Å². The molecule has 1 aliphatic heterocycles. The van der Waals surface area contributed by atoms with Gasteiger partial charge in [0.05, 0.1) is 5.75 Å². The molecule has 5 nitrogen and oxygen atoms in total. The van der Waals surface area contributed by atoms with Crippen molar-refractivity contribution in [2.75, 3.05) is 31.9 Å². The third-order valence-electron chi connectivity index (χ3n) is 4.54. The zero-order chi connectivity index (χ0) is 20.0. The molecule has 0 saturated carbocycles. The summed E-state index contributed by atoms with van der Waals surface area (Å²) in [5, 5.41) is 1.24. The minimum absolute atomic E-state index is 0.0448. The fourth-order valence-electron chi connectivity index (χ4n) is 2.95. The minimum Gasteiger partial charge on any atom is -0.339 e. The normalized spacial score (nSPS) is 15.8. The van der Waals surface area contributed by atoms with Gasteiger partial charge in [-0.15, -0.1) is 11.8 Å². The highest BCUT2D eigenvalue weighted by Gasteiger charge is 2.27. The van der Waals surface area contributed by atoms with Crippen LogP contribution in [0.1, 0.15) is 11.1 Å². The summed E-state index contributed by atoms with van der Waals surface area (Å²) in [6, 6.07) is 17.4. The number of piperazine rings is 1. The van der Waals surface area contributed by atoms with E-state index in [1.807, 2.05) is 55.5 Å². The molecule has 1 aliphatic rings. The minimum atomic E-state index is -3.48. The molecule has 28 heavy (non-hydrogen) atoms. The van der Waals surface area contributed by atoms with E-state index >= 15 is 0 Å². The summed E-state index contributed by atoms with van der Waals surface area (Å²) in [4.78, 5) is 15.3. The van der Waals surface area contributed by atoms with Crippen molar-refractivity contribution in [3.05, 3.63) is 71.1 Å². The Labute approximate surface area is 171 Å². The predicted octanol–water partition coefficient (Wildman–Crippen LogP) is 3.23. The molecule has 0 atom stereocenters. The number of thioether (sulfide) groups is 1. The van der Waals surface area contributed by atoms with Crippen LogP contribution in [0.4, 0.5) is 0 Å². The maximum Gasteiger partial charge on any atom is 0.236 e. The summed E-state index contributed by atoms with van der Waals surface area (Å²) >= 11 is 1.51. The first-order chi connectivity index (χ1) is 13.4. The van der Waals surface area contributed by atoms with E-state index in [-0.39, 0.29) is 5.91 Å². The van der Waals surface area contributed by atoms with Crippen molar-refractivity contribution in [1.82, 2.24) is 9.21 Å². The summed E-state index contributed by atoms with van der Waals surface area (Å²) in [6.45, 7) is 3.51. The summed E-state index contributed by atoms with van der Waals surface area (Å²) in [7, 11) is -3.48. The Morgan fingerprint density at radius 2 is 1.75 bits per heavy atom. The molecule has 0 unspecified atom stereocenters. The first kappa shape index (κ1) is 20.6. The van der Waals surface area contributed by atoms with Crippen LogP contribution in [0.5, 0.6) is 0 Å². The van der Waals surface area contributed by atoms with Crippen molar-refractivity contribution in [3.8, 4) is 0 Å². The summed E-state index contributed by atoms with van der Waals surface area (Å²) < 4.78 is 26.5. The molecular formula is C21H24N2O3S2. The Hall–Kier alpha value is -2.09. The van der Waals surface area contributed by atoms with Crippen molar-refractivity contribution in [2.24, 2.45) is 0 Å². The standard InChI is InChI=1S/C21H24N2O3S2/c1-18-6-5-9-20(16-18)27-17-21(24)22-11-13-23(14-12-22)28(25,26)15-10-19-7-3-2-4-8-19/h2-10,15-16H,11-14,17H2,1H3. The fraction of sp³-hybridized carbons (Fsp3) is 0.286. The zero-order valence-corrected chi connectivity index (χ0v) is 17.5. The smallest absolute Gasteiger partial charge is 0.236 e. The molecule has 0 aliphatic carbocycles. The fourth-order valence-corrected chi connectivity index (χ4v) is 5.04. The van der Waals surface area contributed by atoms with Crippen LogP contribution in [0, 0.1) is 6.92 Å². The Balaban J connectivity index is 1.50. The Morgan fingerprint density at radius 3 is 2.43 bits per heavy atom. The highest BCUT2D eigenvalue weighted by atomic mass is 32.2. The first-order valence-corrected chi connectivity index (χ1v) is 11.6. The second kappa shape index (κ2) is 9.41. The topological polar surface area (TPSA) is 57.7 Å². The number of carbonyl (C=O) groups excluding carboxylic acids is 1. The van der Waals surface area contributed by atoms with Gasteiger partial charge in [-0.1, -0.05) is 48.0 Å². The molecule has 2 aromatic carbocycles. The lowest BCUT2D eigenvalue weighted by molar-refractivity contribution is -0.129. The van der Waals surface area contributed by atoms with Crippen molar-refractivity contribution in [3.63, 3.8) is 0 Å². The Bertz CT molecular complexity index is 935. The molecule has 0 bridgehead atoms. The molecule has 2 aromatic rings. The van der Waals surface area contributed by atoms with E-state index in [0.717, 1.165) is 10.5 Å². The van der Waals surface area contributed by atoms with Gasteiger partial charge < -0.3 is 4.90 Å². The summed E-state index contributed by atoms with van der Waals surface area (Å²) in [5.74, 6) is 0.410. The molecule has 148 valence electrons. The van der Waals surface area contributed by atoms with E-state index in [1.165, 1.54) is 27.0 Å². The number of nitrogens with zero attached hydrogens (tertiary/aromatic N) is 2. The van der Waals surface area contributed by atoms with Crippen molar-refractivity contribution >= 4 is 33.8 Å². The predicted molar refractivity (Wildman–Crippen MR) is 114 cm³/mol. The molecule has 0 spiro atoms. The molecule has 0 aromatic heterocycles. The van der Waals surface area contributed by atoms with E-state index in [0.29, 0.717) is 31.9 Å². The third-order valence-corrected chi connectivity index (χ3v) is 7.08. The van der Waals surface area contributed by atoms with Crippen molar-refractivity contribution < 1.29 is 13.2 Å². The lowest BCUT2D eigenvalue weighted by Gasteiger charge is -2.33. The molecular weight excluding hydrogens is 392 g/mol. The maximum absolute atomic E-state index is 12.5. The molecule has 0 N–H and O–H groups in total. The van der Waals surface area contributed by atoms with Gasteiger partial charge in [0.1, 0.15) is 0 Å². The maximum atomic E-state index is 12.5. The van der Waals surface area contributed by atoms with E-state index in [1.54, 1.807) is 11.0 Å². The molecule has 0 radical (unpaired) electrons. The molecule has 1 saturated heterocycles. The van der Waals surface area contributed by atoms with Crippen LogP contribution >= 0.6 is 11.8 Å². The highest BCUT2D eigenvalue weighted by molar-refractivity contribution is 8.00. The molecule has 1 heterocycles. The quantitative estimate of drug-likeness (QED) is 0.679. The number of sulfonamides is 1. The zero-order valence-electron chi connectivity index (χ0n) is 15.8. The summed E-state index contributed by atoms with van der Waals surface area (Å²) in [6.07, 6.45) is 1.60. The van der Waals surface area contributed by atoms with Gasteiger partial charge in [-0.3, -0.25) is 4.79 Å². The largest absolute Gasteiger partial charge is 0.339 e. The Kier molecular flexibility index (Phi) is 6.93. The van der Waals surface area contributed by atoms with Gasteiger partial charge >= 0.3 is 0 Å². The lowest BCUT2D eigenvalue weighted by atomic mass is 10.2. The average Bonchev–Trinajstić information content (AvgIpc) is 2.71.